The monoisotopic (exact) mass is 178 g/mol. The molecule has 2 heterocycles. The third kappa shape index (κ3) is 1.35. The molecular weight excluding hydrogens is 171 g/mol. The molecule has 3 N–H and O–H groups in total. The summed E-state index contributed by atoms with van der Waals surface area (Å²) in [5.74, 6) is -0.223. The van der Waals surface area contributed by atoms with Crippen molar-refractivity contribution in [1.29, 1.82) is 0 Å². The molecule has 0 fully saturated rings. The van der Waals surface area contributed by atoms with Crippen molar-refractivity contribution in [1.82, 2.24) is 15.2 Å². The minimum absolute atomic E-state index is 0.171. The SMILES string of the molecule is Nc1cc(F)c(-c2cn[nH]c2)cn1. The summed E-state index contributed by atoms with van der Waals surface area (Å²) in [6.45, 7) is 0. The Balaban J connectivity index is 2.53. The number of nitrogens with one attached hydrogen (secondary N) is 1. The molecule has 0 aliphatic heterocycles. The summed E-state index contributed by atoms with van der Waals surface area (Å²) in [4.78, 5) is 3.79. The van der Waals surface area contributed by atoms with Crippen LogP contribution in [-0.2, 0) is 0 Å². The largest absolute Gasteiger partial charge is 0.384 e. The number of rotatable bonds is 1. The van der Waals surface area contributed by atoms with Crippen molar-refractivity contribution in [3.8, 4) is 11.1 Å². The minimum atomic E-state index is -0.395. The Hall–Kier alpha value is -1.91. The summed E-state index contributed by atoms with van der Waals surface area (Å²) in [6, 6.07) is 1.18. The number of nitrogens with two attached hydrogens (primary N) is 1. The van der Waals surface area contributed by atoms with Gasteiger partial charge >= 0.3 is 0 Å². The second kappa shape index (κ2) is 2.85. The average Bonchev–Trinajstić information content (AvgIpc) is 2.56. The summed E-state index contributed by atoms with van der Waals surface area (Å²) in [5, 5.41) is 6.31. The number of hydrogen-bond donors (Lipinski definition) is 2. The predicted molar refractivity (Wildman–Crippen MR) is 46.2 cm³/mol. The number of hydrogen-bond acceptors (Lipinski definition) is 3. The number of halogens is 1. The number of pyridine rings is 1. The fourth-order valence-corrected chi connectivity index (χ4v) is 1.06. The van der Waals surface area contributed by atoms with E-state index in [0.29, 0.717) is 11.1 Å². The van der Waals surface area contributed by atoms with Gasteiger partial charge < -0.3 is 5.73 Å². The van der Waals surface area contributed by atoms with Crippen molar-refractivity contribution >= 4 is 5.82 Å². The second-order valence-corrected chi connectivity index (χ2v) is 2.58. The van der Waals surface area contributed by atoms with Gasteiger partial charge in [-0.1, -0.05) is 0 Å². The van der Waals surface area contributed by atoms with Crippen LogP contribution in [-0.4, -0.2) is 15.2 Å². The highest BCUT2D eigenvalue weighted by molar-refractivity contribution is 5.62. The molecule has 2 aromatic rings. The van der Waals surface area contributed by atoms with Crippen LogP contribution in [0.1, 0.15) is 0 Å². The Labute approximate surface area is 73.6 Å². The first-order valence-electron chi connectivity index (χ1n) is 3.67. The first-order chi connectivity index (χ1) is 6.27. The average molecular weight is 178 g/mol. The fraction of sp³-hybridized carbons (Fsp3) is 0. The molecule has 5 heteroatoms. The third-order valence-corrected chi connectivity index (χ3v) is 1.68. The van der Waals surface area contributed by atoms with Crippen LogP contribution in [0.2, 0.25) is 0 Å². The van der Waals surface area contributed by atoms with Crippen molar-refractivity contribution in [2.45, 2.75) is 0 Å². The normalized spacial score (nSPS) is 10.2. The first kappa shape index (κ1) is 7.72. The Bertz CT molecular complexity index is 410. The van der Waals surface area contributed by atoms with Gasteiger partial charge in [0.05, 0.1) is 6.20 Å². The number of nitrogens with zero attached hydrogens (tertiary/aromatic N) is 2. The lowest BCUT2D eigenvalue weighted by Gasteiger charge is -1.99. The predicted octanol–water partition coefficient (Wildman–Crippen LogP) is 1.19. The molecule has 0 unspecified atom stereocenters. The van der Waals surface area contributed by atoms with Gasteiger partial charge in [-0.25, -0.2) is 9.37 Å². The molecular formula is C8H7FN4. The molecule has 2 rings (SSSR count). The van der Waals surface area contributed by atoms with Crippen LogP contribution in [0.4, 0.5) is 10.2 Å². The van der Waals surface area contributed by atoms with E-state index >= 15 is 0 Å². The lowest BCUT2D eigenvalue weighted by atomic mass is 10.1. The molecule has 13 heavy (non-hydrogen) atoms. The number of aromatic nitrogens is 3. The summed E-state index contributed by atoms with van der Waals surface area (Å²) in [5.41, 5.74) is 6.36. The Morgan fingerprint density at radius 2 is 2.23 bits per heavy atom. The smallest absolute Gasteiger partial charge is 0.136 e. The highest BCUT2D eigenvalue weighted by Crippen LogP contribution is 2.21. The van der Waals surface area contributed by atoms with E-state index in [1.165, 1.54) is 18.5 Å². The van der Waals surface area contributed by atoms with Gasteiger partial charge in [0.2, 0.25) is 0 Å². The maximum absolute atomic E-state index is 13.3. The first-order valence-corrected chi connectivity index (χ1v) is 3.67. The third-order valence-electron chi connectivity index (χ3n) is 1.68. The van der Waals surface area contributed by atoms with Crippen LogP contribution < -0.4 is 5.73 Å². The van der Waals surface area contributed by atoms with Crippen molar-refractivity contribution in [2.75, 3.05) is 5.73 Å². The van der Waals surface area contributed by atoms with Crippen LogP contribution in [0.5, 0.6) is 0 Å². The fourth-order valence-electron chi connectivity index (χ4n) is 1.06. The zero-order valence-corrected chi connectivity index (χ0v) is 6.66. The van der Waals surface area contributed by atoms with Crippen LogP contribution >= 0.6 is 0 Å². The molecule has 0 aliphatic carbocycles. The zero-order valence-electron chi connectivity index (χ0n) is 6.66. The molecule has 0 spiro atoms. The number of H-pyrrole nitrogens is 1. The van der Waals surface area contributed by atoms with E-state index < -0.39 is 5.82 Å². The van der Waals surface area contributed by atoms with E-state index in [2.05, 4.69) is 15.2 Å². The van der Waals surface area contributed by atoms with Crippen molar-refractivity contribution in [2.24, 2.45) is 0 Å². The van der Waals surface area contributed by atoms with Crippen LogP contribution in [0.25, 0.3) is 11.1 Å². The summed E-state index contributed by atoms with van der Waals surface area (Å²) in [6.07, 6.45) is 4.50. The summed E-state index contributed by atoms with van der Waals surface area (Å²) >= 11 is 0. The molecule has 0 saturated carbocycles. The van der Waals surface area contributed by atoms with E-state index in [1.807, 2.05) is 0 Å². The molecule has 0 saturated heterocycles. The van der Waals surface area contributed by atoms with E-state index in [0.717, 1.165) is 0 Å². The molecule has 0 amide bonds. The molecule has 0 atom stereocenters. The highest BCUT2D eigenvalue weighted by atomic mass is 19.1. The highest BCUT2D eigenvalue weighted by Gasteiger charge is 2.06. The van der Waals surface area contributed by atoms with Gasteiger partial charge in [0.25, 0.3) is 0 Å². The van der Waals surface area contributed by atoms with E-state index in [9.17, 15) is 4.39 Å². The van der Waals surface area contributed by atoms with E-state index in [1.54, 1.807) is 6.20 Å². The number of anilines is 1. The number of nitrogen functional groups attached to an aromatic ring is 1. The van der Waals surface area contributed by atoms with Gasteiger partial charge in [0.1, 0.15) is 11.6 Å². The lowest BCUT2D eigenvalue weighted by Crippen LogP contribution is -1.92. The van der Waals surface area contributed by atoms with Gasteiger partial charge in [-0.2, -0.15) is 5.10 Å². The van der Waals surface area contributed by atoms with Gasteiger partial charge in [-0.15, -0.1) is 0 Å². The van der Waals surface area contributed by atoms with E-state index in [4.69, 9.17) is 5.73 Å². The van der Waals surface area contributed by atoms with Crippen molar-refractivity contribution < 1.29 is 4.39 Å². The Kier molecular flexibility index (Phi) is 1.70. The molecule has 2 aromatic heterocycles. The van der Waals surface area contributed by atoms with Gasteiger partial charge in [0, 0.05) is 29.6 Å². The minimum Gasteiger partial charge on any atom is -0.384 e. The maximum Gasteiger partial charge on any atom is 0.136 e. The van der Waals surface area contributed by atoms with Crippen molar-refractivity contribution in [3.05, 3.63) is 30.5 Å². The molecule has 66 valence electrons. The van der Waals surface area contributed by atoms with Crippen molar-refractivity contribution in [3.63, 3.8) is 0 Å². The summed E-state index contributed by atoms with van der Waals surface area (Å²) < 4.78 is 13.3. The second-order valence-electron chi connectivity index (χ2n) is 2.58. The van der Waals surface area contributed by atoms with Gasteiger partial charge in [0.15, 0.2) is 0 Å². The topological polar surface area (TPSA) is 67.6 Å². The van der Waals surface area contributed by atoms with Crippen LogP contribution in [0.3, 0.4) is 0 Å². The van der Waals surface area contributed by atoms with Crippen LogP contribution in [0, 0.1) is 5.82 Å². The quantitative estimate of drug-likeness (QED) is 0.689. The summed E-state index contributed by atoms with van der Waals surface area (Å²) in [7, 11) is 0. The number of aromatic amines is 1. The Morgan fingerprint density at radius 1 is 1.38 bits per heavy atom. The standard InChI is InChI=1S/C8H7FN4/c9-7-1-8(10)11-4-6(7)5-2-12-13-3-5/h1-4H,(H2,10,11)(H,12,13). The molecule has 0 aromatic carbocycles. The van der Waals surface area contributed by atoms with E-state index in [-0.39, 0.29) is 5.82 Å². The molecule has 0 aliphatic rings. The molecule has 4 nitrogen and oxygen atoms in total. The molecule has 0 bridgehead atoms. The van der Waals surface area contributed by atoms with Crippen LogP contribution in [0.15, 0.2) is 24.7 Å². The van der Waals surface area contributed by atoms with Gasteiger partial charge in [-0.05, 0) is 0 Å². The molecule has 0 radical (unpaired) electrons. The Morgan fingerprint density at radius 3 is 2.85 bits per heavy atom. The van der Waals surface area contributed by atoms with Gasteiger partial charge in [-0.3, -0.25) is 5.10 Å². The maximum atomic E-state index is 13.3. The lowest BCUT2D eigenvalue weighted by molar-refractivity contribution is 0.630. The zero-order chi connectivity index (χ0) is 9.26.